The fourth-order valence-corrected chi connectivity index (χ4v) is 1.98. The van der Waals surface area contributed by atoms with Gasteiger partial charge in [-0.15, -0.1) is 0 Å². The summed E-state index contributed by atoms with van der Waals surface area (Å²) in [6, 6.07) is 5.75. The lowest BCUT2D eigenvalue weighted by Crippen LogP contribution is -2.18. The summed E-state index contributed by atoms with van der Waals surface area (Å²) in [7, 11) is 0. The van der Waals surface area contributed by atoms with Crippen LogP contribution in [0.5, 0.6) is 0 Å². The lowest BCUT2D eigenvalue weighted by atomic mass is 10.2. The van der Waals surface area contributed by atoms with Gasteiger partial charge in [0.2, 0.25) is 5.91 Å². The van der Waals surface area contributed by atoms with Crippen LogP contribution in [0.25, 0.3) is 0 Å². The van der Waals surface area contributed by atoms with Crippen molar-refractivity contribution < 1.29 is 4.79 Å². The van der Waals surface area contributed by atoms with Gasteiger partial charge in [-0.05, 0) is 30.7 Å². The van der Waals surface area contributed by atoms with Gasteiger partial charge in [-0.3, -0.25) is 4.79 Å². The number of nitrogens with one attached hydrogen (secondary N) is 1. The molecule has 0 aliphatic heterocycles. The molecule has 0 spiro atoms. The summed E-state index contributed by atoms with van der Waals surface area (Å²) in [4.78, 5) is 15.6. The smallest absolute Gasteiger partial charge is 0.244 e. The Kier molecular flexibility index (Phi) is 3.58. The molecule has 17 heavy (non-hydrogen) atoms. The van der Waals surface area contributed by atoms with E-state index in [1.165, 1.54) is 0 Å². The maximum absolute atomic E-state index is 11.7. The molecule has 0 bridgehead atoms. The molecule has 2 aromatic rings. The van der Waals surface area contributed by atoms with Gasteiger partial charge in [0.25, 0.3) is 0 Å². The molecular weight excluding hydrogens is 282 g/mol. The SMILES string of the molecule is Cc1cc(Br)ccc1NC(=O)Cn1ccnc1. The van der Waals surface area contributed by atoms with Gasteiger partial charge in [0, 0.05) is 22.6 Å². The van der Waals surface area contributed by atoms with E-state index in [0.29, 0.717) is 0 Å². The zero-order valence-electron chi connectivity index (χ0n) is 9.35. The summed E-state index contributed by atoms with van der Waals surface area (Å²) in [5.41, 5.74) is 1.86. The van der Waals surface area contributed by atoms with Crippen LogP contribution in [0.15, 0.2) is 41.4 Å². The highest BCUT2D eigenvalue weighted by Gasteiger charge is 2.05. The van der Waals surface area contributed by atoms with Crippen molar-refractivity contribution in [2.45, 2.75) is 13.5 Å². The van der Waals surface area contributed by atoms with Crippen LogP contribution in [0.1, 0.15) is 5.56 Å². The van der Waals surface area contributed by atoms with Crippen LogP contribution in [-0.4, -0.2) is 15.5 Å². The van der Waals surface area contributed by atoms with Crippen LogP contribution in [0.2, 0.25) is 0 Å². The molecule has 0 unspecified atom stereocenters. The second-order valence-corrected chi connectivity index (χ2v) is 4.66. The number of hydrogen-bond acceptors (Lipinski definition) is 2. The van der Waals surface area contributed by atoms with Crippen molar-refractivity contribution in [3.8, 4) is 0 Å². The number of carbonyl (C=O) groups is 1. The molecule has 0 atom stereocenters. The van der Waals surface area contributed by atoms with Crippen LogP contribution >= 0.6 is 15.9 Å². The summed E-state index contributed by atoms with van der Waals surface area (Å²) in [6.07, 6.45) is 5.03. The van der Waals surface area contributed by atoms with Gasteiger partial charge in [-0.2, -0.15) is 0 Å². The van der Waals surface area contributed by atoms with E-state index >= 15 is 0 Å². The van der Waals surface area contributed by atoms with Crippen molar-refractivity contribution in [2.24, 2.45) is 0 Å². The minimum Gasteiger partial charge on any atom is -0.328 e. The predicted octanol–water partition coefficient (Wildman–Crippen LogP) is 2.59. The van der Waals surface area contributed by atoms with Gasteiger partial charge in [-0.1, -0.05) is 15.9 Å². The normalized spacial score (nSPS) is 10.2. The summed E-state index contributed by atoms with van der Waals surface area (Å²) >= 11 is 3.39. The average Bonchev–Trinajstić information content (AvgIpc) is 2.75. The predicted molar refractivity (Wildman–Crippen MR) is 69.7 cm³/mol. The van der Waals surface area contributed by atoms with E-state index in [2.05, 4.69) is 26.2 Å². The minimum atomic E-state index is -0.0616. The lowest BCUT2D eigenvalue weighted by Gasteiger charge is -2.08. The number of carbonyl (C=O) groups excluding carboxylic acids is 1. The molecule has 0 saturated heterocycles. The van der Waals surface area contributed by atoms with Gasteiger partial charge in [0.15, 0.2) is 0 Å². The van der Waals surface area contributed by atoms with E-state index in [0.717, 1.165) is 15.7 Å². The van der Waals surface area contributed by atoms with E-state index in [9.17, 15) is 4.79 Å². The molecule has 0 aliphatic rings. The maximum Gasteiger partial charge on any atom is 0.244 e. The van der Waals surface area contributed by atoms with E-state index < -0.39 is 0 Å². The standard InChI is InChI=1S/C12H12BrN3O/c1-9-6-10(13)2-3-11(9)15-12(17)7-16-5-4-14-8-16/h2-6,8H,7H2,1H3,(H,15,17). The molecule has 1 N–H and O–H groups in total. The number of imidazole rings is 1. The molecule has 4 nitrogen and oxygen atoms in total. The fourth-order valence-electron chi connectivity index (χ4n) is 1.50. The zero-order valence-corrected chi connectivity index (χ0v) is 10.9. The molecule has 0 radical (unpaired) electrons. The van der Waals surface area contributed by atoms with Crippen molar-refractivity contribution in [2.75, 3.05) is 5.32 Å². The van der Waals surface area contributed by atoms with Crippen molar-refractivity contribution in [1.29, 1.82) is 0 Å². The third-order valence-electron chi connectivity index (χ3n) is 2.35. The van der Waals surface area contributed by atoms with Crippen molar-refractivity contribution in [3.05, 3.63) is 47.0 Å². The number of anilines is 1. The third-order valence-corrected chi connectivity index (χ3v) is 2.84. The highest BCUT2D eigenvalue weighted by atomic mass is 79.9. The minimum absolute atomic E-state index is 0.0616. The summed E-state index contributed by atoms with van der Waals surface area (Å²) in [5.74, 6) is -0.0616. The largest absolute Gasteiger partial charge is 0.328 e. The molecule has 1 amide bonds. The number of hydrogen-bond donors (Lipinski definition) is 1. The van der Waals surface area contributed by atoms with Gasteiger partial charge >= 0.3 is 0 Å². The first kappa shape index (κ1) is 11.9. The number of aryl methyl sites for hydroxylation is 1. The Bertz CT molecular complexity index is 523. The zero-order chi connectivity index (χ0) is 12.3. The Morgan fingerprint density at radius 2 is 2.35 bits per heavy atom. The van der Waals surface area contributed by atoms with Gasteiger partial charge in [0.1, 0.15) is 6.54 Å². The lowest BCUT2D eigenvalue weighted by molar-refractivity contribution is -0.116. The average molecular weight is 294 g/mol. The van der Waals surface area contributed by atoms with E-state index in [1.54, 1.807) is 23.3 Å². The van der Waals surface area contributed by atoms with Gasteiger partial charge in [0.05, 0.1) is 6.33 Å². The molecular formula is C12H12BrN3O. The van der Waals surface area contributed by atoms with Gasteiger partial charge in [-0.25, -0.2) is 4.98 Å². The first-order chi connectivity index (χ1) is 8.15. The van der Waals surface area contributed by atoms with Crippen LogP contribution in [0.3, 0.4) is 0 Å². The fraction of sp³-hybridized carbons (Fsp3) is 0.167. The molecule has 0 saturated carbocycles. The number of aromatic nitrogens is 2. The van der Waals surface area contributed by atoms with Gasteiger partial charge < -0.3 is 9.88 Å². The topological polar surface area (TPSA) is 46.9 Å². The second-order valence-electron chi connectivity index (χ2n) is 3.74. The number of benzene rings is 1. The van der Waals surface area contributed by atoms with Crippen LogP contribution in [0, 0.1) is 6.92 Å². The molecule has 0 aliphatic carbocycles. The molecule has 0 fully saturated rings. The first-order valence-electron chi connectivity index (χ1n) is 5.17. The number of rotatable bonds is 3. The summed E-state index contributed by atoms with van der Waals surface area (Å²) in [5, 5.41) is 2.87. The molecule has 88 valence electrons. The summed E-state index contributed by atoms with van der Waals surface area (Å²) < 4.78 is 2.73. The Hall–Kier alpha value is -1.62. The Labute approximate surface area is 108 Å². The Morgan fingerprint density at radius 3 is 3.00 bits per heavy atom. The van der Waals surface area contributed by atoms with E-state index in [1.807, 2.05) is 25.1 Å². The molecule has 1 heterocycles. The van der Waals surface area contributed by atoms with Crippen molar-refractivity contribution >= 4 is 27.5 Å². The maximum atomic E-state index is 11.7. The van der Waals surface area contributed by atoms with Crippen LogP contribution in [-0.2, 0) is 11.3 Å². The Morgan fingerprint density at radius 1 is 1.53 bits per heavy atom. The number of amides is 1. The van der Waals surface area contributed by atoms with E-state index in [-0.39, 0.29) is 12.5 Å². The highest BCUT2D eigenvalue weighted by Crippen LogP contribution is 2.19. The quantitative estimate of drug-likeness (QED) is 0.945. The first-order valence-corrected chi connectivity index (χ1v) is 5.96. The molecule has 1 aromatic heterocycles. The molecule has 2 rings (SSSR count). The molecule has 1 aromatic carbocycles. The monoisotopic (exact) mass is 293 g/mol. The van der Waals surface area contributed by atoms with Crippen LogP contribution in [0.4, 0.5) is 5.69 Å². The van der Waals surface area contributed by atoms with Crippen molar-refractivity contribution in [1.82, 2.24) is 9.55 Å². The summed E-state index contributed by atoms with van der Waals surface area (Å²) in [6.45, 7) is 2.23. The van der Waals surface area contributed by atoms with E-state index in [4.69, 9.17) is 0 Å². The highest BCUT2D eigenvalue weighted by molar-refractivity contribution is 9.10. The third kappa shape index (κ3) is 3.17. The molecule has 5 heteroatoms. The number of halogens is 1. The Balaban J connectivity index is 2.03. The number of nitrogens with zero attached hydrogens (tertiary/aromatic N) is 2. The van der Waals surface area contributed by atoms with Crippen LogP contribution < -0.4 is 5.32 Å². The van der Waals surface area contributed by atoms with Crippen molar-refractivity contribution in [3.63, 3.8) is 0 Å². The second kappa shape index (κ2) is 5.14.